The average molecular weight is 504 g/mol. The summed E-state index contributed by atoms with van der Waals surface area (Å²) in [7, 11) is 0. The molecule has 0 spiro atoms. The third-order valence-electron chi connectivity index (χ3n) is 6.09. The van der Waals surface area contributed by atoms with Gasteiger partial charge >= 0.3 is 0 Å². The minimum Gasteiger partial charge on any atom is -0.394 e. The molecule has 0 saturated carbocycles. The number of rotatable bonds is 7. The largest absolute Gasteiger partial charge is 0.394 e. The first kappa shape index (κ1) is 27.9. The fraction of sp³-hybridized carbons (Fsp3) is 1.00. The minimum atomic E-state index is -1.92. The van der Waals surface area contributed by atoms with Gasteiger partial charge in [-0.1, -0.05) is 0 Å². The number of aliphatic hydroxyl groups is 11. The lowest BCUT2D eigenvalue weighted by molar-refractivity contribution is -0.379. The van der Waals surface area contributed by atoms with E-state index in [0.29, 0.717) is 0 Å². The molecular weight excluding hydrogens is 472 g/mol. The zero-order valence-corrected chi connectivity index (χ0v) is 17.7. The average Bonchev–Trinajstić information content (AvgIpc) is 2.82. The molecule has 3 fully saturated rings. The third kappa shape index (κ3) is 5.37. The Kier molecular flexibility index (Phi) is 9.54. The maximum atomic E-state index is 10.7. The molecule has 11 N–H and O–H groups in total. The molecule has 3 aliphatic heterocycles. The molecule has 0 radical (unpaired) electrons. The highest BCUT2D eigenvalue weighted by molar-refractivity contribution is 4.96. The van der Waals surface area contributed by atoms with Gasteiger partial charge in [0, 0.05) is 0 Å². The quantitative estimate of drug-likeness (QED) is 0.154. The molecule has 15 atom stereocenters. The van der Waals surface area contributed by atoms with Crippen molar-refractivity contribution in [1.82, 2.24) is 0 Å². The first-order valence-electron chi connectivity index (χ1n) is 10.6. The summed E-state index contributed by atoms with van der Waals surface area (Å²) < 4.78 is 26.2. The third-order valence-corrected chi connectivity index (χ3v) is 6.09. The predicted molar refractivity (Wildman–Crippen MR) is 101 cm³/mol. The van der Waals surface area contributed by atoms with Crippen LogP contribution in [0.2, 0.25) is 0 Å². The van der Waals surface area contributed by atoms with Crippen LogP contribution in [0.4, 0.5) is 0 Å². The molecule has 200 valence electrons. The molecule has 9 unspecified atom stereocenters. The molecule has 0 amide bonds. The summed E-state index contributed by atoms with van der Waals surface area (Å²) in [6.07, 6.45) is -25.5. The SMILES string of the molecule is OCC1O[C@@H](OC2C(O)[C@H](OC3C(O)[C@H](O)OC(CO)[C@H]3O)OC(CO)[C@H]2O)C(O)C(O)[C@@H]1O. The van der Waals surface area contributed by atoms with Gasteiger partial charge in [0.25, 0.3) is 0 Å². The zero-order chi connectivity index (χ0) is 25.3. The fourth-order valence-corrected chi connectivity index (χ4v) is 4.04. The van der Waals surface area contributed by atoms with E-state index in [0.717, 1.165) is 0 Å². The van der Waals surface area contributed by atoms with Gasteiger partial charge in [-0.3, -0.25) is 0 Å². The zero-order valence-electron chi connectivity index (χ0n) is 17.7. The number of hydrogen-bond donors (Lipinski definition) is 11. The summed E-state index contributed by atoms with van der Waals surface area (Å²) in [6, 6.07) is 0. The maximum Gasteiger partial charge on any atom is 0.187 e. The van der Waals surface area contributed by atoms with E-state index in [9.17, 15) is 56.2 Å². The van der Waals surface area contributed by atoms with E-state index in [2.05, 4.69) is 0 Å². The van der Waals surface area contributed by atoms with Crippen LogP contribution in [-0.2, 0) is 23.7 Å². The van der Waals surface area contributed by atoms with Gasteiger partial charge in [0.1, 0.15) is 73.2 Å². The molecule has 0 aromatic carbocycles. The smallest absolute Gasteiger partial charge is 0.187 e. The summed E-state index contributed by atoms with van der Waals surface area (Å²) >= 11 is 0. The molecule has 3 aliphatic rings. The highest BCUT2D eigenvalue weighted by Crippen LogP contribution is 2.32. The van der Waals surface area contributed by atoms with Crippen LogP contribution in [-0.4, -0.2) is 168 Å². The van der Waals surface area contributed by atoms with Crippen molar-refractivity contribution in [3.8, 4) is 0 Å². The van der Waals surface area contributed by atoms with Crippen LogP contribution < -0.4 is 0 Å². The van der Waals surface area contributed by atoms with Crippen LogP contribution in [0.25, 0.3) is 0 Å². The summed E-state index contributed by atoms with van der Waals surface area (Å²) in [5, 5.41) is 110. The van der Waals surface area contributed by atoms with E-state index in [-0.39, 0.29) is 0 Å². The second kappa shape index (κ2) is 11.6. The number of aliphatic hydroxyl groups excluding tert-OH is 11. The van der Waals surface area contributed by atoms with E-state index >= 15 is 0 Å². The van der Waals surface area contributed by atoms with Crippen LogP contribution in [0.15, 0.2) is 0 Å². The highest BCUT2D eigenvalue weighted by atomic mass is 16.7. The number of ether oxygens (including phenoxy) is 5. The second-order valence-electron chi connectivity index (χ2n) is 8.33. The normalized spacial score (nSPS) is 52.5. The Labute approximate surface area is 192 Å². The van der Waals surface area contributed by atoms with Gasteiger partial charge in [-0.15, -0.1) is 0 Å². The molecule has 0 aromatic heterocycles. The predicted octanol–water partition coefficient (Wildman–Crippen LogP) is -7.57. The van der Waals surface area contributed by atoms with Crippen molar-refractivity contribution in [3.05, 3.63) is 0 Å². The molecule has 16 heteroatoms. The lowest BCUT2D eigenvalue weighted by atomic mass is 9.96. The van der Waals surface area contributed by atoms with Gasteiger partial charge in [-0.05, 0) is 0 Å². The molecule has 3 saturated heterocycles. The Hall–Kier alpha value is -0.640. The molecule has 0 aliphatic carbocycles. The van der Waals surface area contributed by atoms with Crippen LogP contribution in [0.1, 0.15) is 0 Å². The van der Waals surface area contributed by atoms with Crippen molar-refractivity contribution >= 4 is 0 Å². The van der Waals surface area contributed by atoms with Crippen molar-refractivity contribution in [2.75, 3.05) is 19.8 Å². The Balaban J connectivity index is 1.78. The van der Waals surface area contributed by atoms with Gasteiger partial charge in [-0.25, -0.2) is 0 Å². The first-order chi connectivity index (χ1) is 16.0. The highest BCUT2D eigenvalue weighted by Gasteiger charge is 2.53. The minimum absolute atomic E-state index is 0.750. The van der Waals surface area contributed by atoms with Crippen molar-refractivity contribution in [2.45, 2.75) is 92.1 Å². The van der Waals surface area contributed by atoms with Crippen molar-refractivity contribution in [2.24, 2.45) is 0 Å². The van der Waals surface area contributed by atoms with Crippen LogP contribution >= 0.6 is 0 Å². The lowest BCUT2D eigenvalue weighted by Gasteiger charge is -2.47. The van der Waals surface area contributed by atoms with Gasteiger partial charge in [0.05, 0.1) is 19.8 Å². The molecule has 34 heavy (non-hydrogen) atoms. The maximum absolute atomic E-state index is 10.7. The molecule has 0 aromatic rings. The fourth-order valence-electron chi connectivity index (χ4n) is 4.04. The molecular formula is C18H32O16. The van der Waals surface area contributed by atoms with E-state index in [1.54, 1.807) is 0 Å². The summed E-state index contributed by atoms with van der Waals surface area (Å²) in [5.74, 6) is 0. The first-order valence-corrected chi connectivity index (χ1v) is 10.6. The number of hydrogen-bond acceptors (Lipinski definition) is 16. The monoisotopic (exact) mass is 504 g/mol. The Morgan fingerprint density at radius 3 is 1.35 bits per heavy atom. The van der Waals surface area contributed by atoms with E-state index < -0.39 is 112 Å². The molecule has 16 nitrogen and oxygen atoms in total. The van der Waals surface area contributed by atoms with E-state index in [4.69, 9.17) is 23.7 Å². The van der Waals surface area contributed by atoms with Gasteiger partial charge in [0.15, 0.2) is 18.9 Å². The molecule has 0 bridgehead atoms. The van der Waals surface area contributed by atoms with Gasteiger partial charge < -0.3 is 79.9 Å². The Bertz CT molecular complexity index is 639. The lowest BCUT2D eigenvalue weighted by Crippen LogP contribution is -2.66. The van der Waals surface area contributed by atoms with Crippen molar-refractivity contribution < 1.29 is 79.9 Å². The van der Waals surface area contributed by atoms with Crippen LogP contribution in [0.3, 0.4) is 0 Å². The standard InChI is InChI=1S/C18H32O16/c19-1-4-7(22)10(25)11(26)17(31-4)34-15-9(24)6(3-21)32-18(13(15)28)33-14-8(23)5(2-20)30-16(29)12(14)27/h4-29H,1-3H2/t4?,5?,6?,7-,8-,9-,10?,11?,12?,13?,14?,15?,16-,17+,18+/m1/s1. The molecule has 3 rings (SSSR count). The summed E-state index contributed by atoms with van der Waals surface area (Å²) in [4.78, 5) is 0. The van der Waals surface area contributed by atoms with Gasteiger partial charge in [-0.2, -0.15) is 0 Å². The van der Waals surface area contributed by atoms with Crippen molar-refractivity contribution in [3.63, 3.8) is 0 Å². The molecule has 3 heterocycles. The van der Waals surface area contributed by atoms with Crippen LogP contribution in [0.5, 0.6) is 0 Å². The van der Waals surface area contributed by atoms with Crippen molar-refractivity contribution in [1.29, 1.82) is 0 Å². The second-order valence-corrected chi connectivity index (χ2v) is 8.33. The summed E-state index contributed by atoms with van der Waals surface area (Å²) in [5.41, 5.74) is 0. The van der Waals surface area contributed by atoms with E-state index in [1.807, 2.05) is 0 Å². The Morgan fingerprint density at radius 2 is 0.853 bits per heavy atom. The van der Waals surface area contributed by atoms with Crippen LogP contribution in [0, 0.1) is 0 Å². The summed E-state index contributed by atoms with van der Waals surface area (Å²) in [6.45, 7) is -2.33. The Morgan fingerprint density at radius 1 is 0.441 bits per heavy atom. The van der Waals surface area contributed by atoms with E-state index in [1.165, 1.54) is 0 Å². The topological polar surface area (TPSA) is 269 Å². The van der Waals surface area contributed by atoms with Gasteiger partial charge in [0.2, 0.25) is 0 Å².